The Labute approximate surface area is 146 Å². The van der Waals surface area contributed by atoms with Crippen LogP contribution in [0.5, 0.6) is 0 Å². The minimum absolute atomic E-state index is 0.100. The fourth-order valence-electron chi connectivity index (χ4n) is 3.10. The molecule has 0 bridgehead atoms. The Morgan fingerprint density at radius 3 is 2.76 bits per heavy atom. The molecule has 0 radical (unpaired) electrons. The Bertz CT molecular complexity index is 717. The van der Waals surface area contributed by atoms with E-state index in [1.54, 1.807) is 11.8 Å². The molecular formula is C18H24N4O3. The minimum atomic E-state index is -0.220. The molecule has 1 saturated heterocycles. The van der Waals surface area contributed by atoms with Crippen molar-refractivity contribution in [2.45, 2.75) is 32.7 Å². The van der Waals surface area contributed by atoms with Crippen molar-refractivity contribution in [3.8, 4) is 0 Å². The highest BCUT2D eigenvalue weighted by Gasteiger charge is 2.28. The number of hydrogen-bond acceptors (Lipinski definition) is 4. The van der Waals surface area contributed by atoms with E-state index in [0.29, 0.717) is 32.5 Å². The molecule has 0 aliphatic carbocycles. The molecule has 1 aliphatic rings. The van der Waals surface area contributed by atoms with Gasteiger partial charge in [0.05, 0.1) is 29.6 Å². The van der Waals surface area contributed by atoms with Gasteiger partial charge >= 0.3 is 12.0 Å². The van der Waals surface area contributed by atoms with E-state index in [1.165, 1.54) is 0 Å². The van der Waals surface area contributed by atoms with Crippen molar-refractivity contribution in [1.82, 2.24) is 20.2 Å². The number of nitrogens with one attached hydrogen (secondary N) is 2. The van der Waals surface area contributed by atoms with Crippen molar-refractivity contribution >= 4 is 23.0 Å². The van der Waals surface area contributed by atoms with Crippen molar-refractivity contribution < 1.29 is 14.3 Å². The number of carbonyl (C=O) groups is 2. The summed E-state index contributed by atoms with van der Waals surface area (Å²) in [7, 11) is 0. The summed E-state index contributed by atoms with van der Waals surface area (Å²) in [5.74, 6) is 0.478. The molecule has 7 nitrogen and oxygen atoms in total. The standard InChI is InChI=1S/C18H24N4O3/c1-3-25-17(23)13-8-10-22(11-9-13)18(24)19-12(2)16-20-14-6-4-5-7-15(14)21-16/h4-7,12-13H,3,8-11H2,1-2H3,(H,19,24)(H,20,21)/t12-/m1/s1. The first-order valence-corrected chi connectivity index (χ1v) is 8.75. The van der Waals surface area contributed by atoms with Crippen LogP contribution in [0.4, 0.5) is 4.79 Å². The molecule has 2 aromatic rings. The molecule has 3 rings (SSSR count). The van der Waals surface area contributed by atoms with Crippen LogP contribution in [-0.4, -0.2) is 46.6 Å². The number of likely N-dealkylation sites (tertiary alicyclic amines) is 1. The van der Waals surface area contributed by atoms with Crippen LogP contribution in [0.2, 0.25) is 0 Å². The van der Waals surface area contributed by atoms with Crippen LogP contribution in [0, 0.1) is 5.92 Å². The number of benzene rings is 1. The van der Waals surface area contributed by atoms with Gasteiger partial charge in [0.1, 0.15) is 5.82 Å². The number of fused-ring (bicyclic) bond motifs is 1. The third-order valence-electron chi connectivity index (χ3n) is 4.56. The van der Waals surface area contributed by atoms with Gasteiger partial charge in [0.2, 0.25) is 0 Å². The molecule has 25 heavy (non-hydrogen) atoms. The SMILES string of the molecule is CCOC(=O)C1CCN(C(=O)N[C@H](C)c2nc3ccccc3[nH]2)CC1. The Kier molecular flexibility index (Phi) is 5.21. The molecule has 2 amide bonds. The summed E-state index contributed by atoms with van der Waals surface area (Å²) in [6.45, 7) is 5.22. The van der Waals surface area contributed by atoms with Gasteiger partial charge in [0.15, 0.2) is 0 Å². The summed E-state index contributed by atoms with van der Waals surface area (Å²) >= 11 is 0. The molecule has 0 saturated carbocycles. The van der Waals surface area contributed by atoms with E-state index in [9.17, 15) is 9.59 Å². The quantitative estimate of drug-likeness (QED) is 0.835. The zero-order valence-corrected chi connectivity index (χ0v) is 14.6. The molecule has 1 aromatic heterocycles. The number of hydrogen-bond donors (Lipinski definition) is 2. The lowest BCUT2D eigenvalue weighted by Crippen LogP contribution is -2.46. The monoisotopic (exact) mass is 344 g/mol. The summed E-state index contributed by atoms with van der Waals surface area (Å²) in [6.07, 6.45) is 1.29. The summed E-state index contributed by atoms with van der Waals surface area (Å²) < 4.78 is 5.06. The summed E-state index contributed by atoms with van der Waals surface area (Å²) in [6, 6.07) is 7.42. The third kappa shape index (κ3) is 3.92. The van der Waals surface area contributed by atoms with Gasteiger partial charge in [-0.15, -0.1) is 0 Å². The van der Waals surface area contributed by atoms with Crippen LogP contribution in [-0.2, 0) is 9.53 Å². The maximum Gasteiger partial charge on any atom is 0.317 e. The zero-order chi connectivity index (χ0) is 17.8. The summed E-state index contributed by atoms with van der Waals surface area (Å²) in [5.41, 5.74) is 1.84. The van der Waals surface area contributed by atoms with Gasteiger partial charge < -0.3 is 19.9 Å². The molecule has 1 atom stereocenters. The number of amides is 2. The van der Waals surface area contributed by atoms with E-state index >= 15 is 0 Å². The number of H-pyrrole nitrogens is 1. The molecule has 2 heterocycles. The number of nitrogens with zero attached hydrogens (tertiary/aromatic N) is 2. The van der Waals surface area contributed by atoms with Crippen LogP contribution in [0.15, 0.2) is 24.3 Å². The smallest absolute Gasteiger partial charge is 0.317 e. The van der Waals surface area contributed by atoms with Crippen LogP contribution in [0.25, 0.3) is 11.0 Å². The highest BCUT2D eigenvalue weighted by Crippen LogP contribution is 2.20. The largest absolute Gasteiger partial charge is 0.466 e. The fourth-order valence-corrected chi connectivity index (χ4v) is 3.10. The van der Waals surface area contributed by atoms with Crippen molar-refractivity contribution in [2.24, 2.45) is 5.92 Å². The van der Waals surface area contributed by atoms with Crippen LogP contribution in [0.1, 0.15) is 38.6 Å². The second-order valence-electron chi connectivity index (χ2n) is 6.32. The molecule has 1 fully saturated rings. The van der Waals surface area contributed by atoms with Gasteiger partial charge in [0.25, 0.3) is 0 Å². The van der Waals surface area contributed by atoms with E-state index in [-0.39, 0.29) is 24.0 Å². The maximum atomic E-state index is 12.5. The molecule has 0 spiro atoms. The number of aromatic nitrogens is 2. The lowest BCUT2D eigenvalue weighted by atomic mass is 9.97. The van der Waals surface area contributed by atoms with Crippen LogP contribution >= 0.6 is 0 Å². The van der Waals surface area contributed by atoms with E-state index < -0.39 is 0 Å². The topological polar surface area (TPSA) is 87.3 Å². The van der Waals surface area contributed by atoms with E-state index in [2.05, 4.69) is 15.3 Å². The number of urea groups is 1. The number of carbonyl (C=O) groups excluding carboxylic acids is 2. The van der Waals surface area contributed by atoms with E-state index in [1.807, 2.05) is 31.2 Å². The predicted octanol–water partition coefficient (Wildman–Crippen LogP) is 2.61. The lowest BCUT2D eigenvalue weighted by molar-refractivity contribution is -0.149. The second-order valence-corrected chi connectivity index (χ2v) is 6.32. The number of ether oxygens (including phenoxy) is 1. The second kappa shape index (κ2) is 7.55. The number of imidazole rings is 1. The minimum Gasteiger partial charge on any atom is -0.466 e. The Hall–Kier alpha value is -2.57. The van der Waals surface area contributed by atoms with Crippen molar-refractivity contribution in [2.75, 3.05) is 19.7 Å². The Morgan fingerprint density at radius 1 is 1.36 bits per heavy atom. The van der Waals surface area contributed by atoms with Crippen molar-refractivity contribution in [3.05, 3.63) is 30.1 Å². The number of para-hydroxylation sites is 2. The van der Waals surface area contributed by atoms with Crippen molar-refractivity contribution in [3.63, 3.8) is 0 Å². The Balaban J connectivity index is 1.54. The lowest BCUT2D eigenvalue weighted by Gasteiger charge is -2.31. The maximum absolute atomic E-state index is 12.5. The molecule has 7 heteroatoms. The third-order valence-corrected chi connectivity index (χ3v) is 4.56. The van der Waals surface area contributed by atoms with E-state index in [0.717, 1.165) is 16.9 Å². The number of aromatic amines is 1. The van der Waals surface area contributed by atoms with Gasteiger partial charge in [-0.25, -0.2) is 9.78 Å². The number of rotatable bonds is 4. The molecular weight excluding hydrogens is 320 g/mol. The predicted molar refractivity (Wildman–Crippen MR) is 94.0 cm³/mol. The van der Waals surface area contributed by atoms with Gasteiger partial charge in [-0.1, -0.05) is 12.1 Å². The van der Waals surface area contributed by atoms with Gasteiger partial charge in [-0.05, 0) is 38.8 Å². The van der Waals surface area contributed by atoms with Crippen molar-refractivity contribution in [1.29, 1.82) is 0 Å². The average Bonchev–Trinajstić information content (AvgIpc) is 3.06. The average molecular weight is 344 g/mol. The summed E-state index contributed by atoms with van der Waals surface area (Å²) in [4.78, 5) is 33.7. The van der Waals surface area contributed by atoms with Gasteiger partial charge in [0, 0.05) is 13.1 Å². The Morgan fingerprint density at radius 2 is 2.08 bits per heavy atom. The normalized spacial score (nSPS) is 16.6. The van der Waals surface area contributed by atoms with Crippen LogP contribution in [0.3, 0.4) is 0 Å². The number of piperidine rings is 1. The highest BCUT2D eigenvalue weighted by atomic mass is 16.5. The molecule has 134 valence electrons. The molecule has 1 aliphatic heterocycles. The van der Waals surface area contributed by atoms with Gasteiger partial charge in [-0.2, -0.15) is 0 Å². The van der Waals surface area contributed by atoms with Gasteiger partial charge in [-0.3, -0.25) is 4.79 Å². The first-order chi connectivity index (χ1) is 12.1. The first-order valence-electron chi connectivity index (χ1n) is 8.75. The molecule has 1 aromatic carbocycles. The van der Waals surface area contributed by atoms with E-state index in [4.69, 9.17) is 4.74 Å². The molecule has 2 N–H and O–H groups in total. The van der Waals surface area contributed by atoms with Crippen LogP contribution < -0.4 is 5.32 Å². The summed E-state index contributed by atoms with van der Waals surface area (Å²) in [5, 5.41) is 2.97. The highest BCUT2D eigenvalue weighted by molar-refractivity contribution is 5.77. The zero-order valence-electron chi connectivity index (χ0n) is 14.6. The fraction of sp³-hybridized carbons (Fsp3) is 0.500. The first kappa shape index (κ1) is 17.3. The molecule has 0 unspecified atom stereocenters. The number of esters is 1.